The molecule has 0 N–H and O–H groups in total. The van der Waals surface area contributed by atoms with E-state index in [4.69, 9.17) is 4.98 Å². The molecule has 7 aromatic rings. The summed E-state index contributed by atoms with van der Waals surface area (Å²) < 4.78 is 0. The minimum absolute atomic E-state index is 0.566. The van der Waals surface area contributed by atoms with Crippen LogP contribution in [0.25, 0.3) is 67.5 Å². The zero-order valence-electron chi connectivity index (χ0n) is 22.5. The molecule has 198 valence electrons. The Hall–Kier alpha value is -5.88. The van der Waals surface area contributed by atoms with E-state index >= 15 is 0 Å². The second-order valence-electron chi connectivity index (χ2n) is 9.73. The van der Waals surface area contributed by atoms with Gasteiger partial charge in [0.1, 0.15) is 6.33 Å². The van der Waals surface area contributed by atoms with Crippen molar-refractivity contribution in [2.24, 2.45) is 0 Å². The van der Waals surface area contributed by atoms with Gasteiger partial charge in [0, 0.05) is 52.6 Å². The summed E-state index contributed by atoms with van der Waals surface area (Å²) in [6, 6.07) is 38.7. The van der Waals surface area contributed by atoms with Crippen molar-refractivity contribution in [3.63, 3.8) is 0 Å². The van der Waals surface area contributed by atoms with Crippen molar-refractivity contribution in [3.8, 4) is 67.5 Å². The first kappa shape index (κ1) is 25.1. The predicted molar refractivity (Wildman–Crippen MR) is 166 cm³/mol. The molecule has 0 unspecified atom stereocenters. The molecule has 0 aliphatic carbocycles. The standard InChI is InChI=1S/C36H24N6/c1-2-11-32(31(10-1)27-8-7-9-28(20-27)34-13-4-6-19-39-34)36-41-24-40-35(42-36)30-21-29(22-37-23-30)25-14-16-26(17-15-25)33-12-3-5-18-38-33/h1-24H. The molecule has 4 heterocycles. The van der Waals surface area contributed by atoms with Gasteiger partial charge < -0.3 is 0 Å². The summed E-state index contributed by atoms with van der Waals surface area (Å²) in [5.74, 6) is 1.17. The largest absolute Gasteiger partial charge is 0.263 e. The SMILES string of the molecule is c1ccc(-c2ccc(-c3cncc(-c4ncnc(-c5ccccc5-c5cccc(-c6ccccn6)c5)n4)c3)cc2)nc1. The van der Waals surface area contributed by atoms with Gasteiger partial charge in [-0.25, -0.2) is 15.0 Å². The number of nitrogens with zero attached hydrogens (tertiary/aromatic N) is 6. The van der Waals surface area contributed by atoms with Gasteiger partial charge in [0.05, 0.1) is 11.4 Å². The Balaban J connectivity index is 1.21. The highest BCUT2D eigenvalue weighted by molar-refractivity contribution is 5.83. The first-order valence-electron chi connectivity index (χ1n) is 13.6. The van der Waals surface area contributed by atoms with Crippen molar-refractivity contribution in [2.75, 3.05) is 0 Å². The van der Waals surface area contributed by atoms with E-state index in [-0.39, 0.29) is 0 Å². The molecule has 0 fully saturated rings. The molecule has 0 amide bonds. The molecule has 0 bridgehead atoms. The Kier molecular flexibility index (Phi) is 6.76. The van der Waals surface area contributed by atoms with Crippen LogP contribution in [0.4, 0.5) is 0 Å². The van der Waals surface area contributed by atoms with Crippen LogP contribution in [0.15, 0.2) is 146 Å². The highest BCUT2D eigenvalue weighted by Gasteiger charge is 2.13. The van der Waals surface area contributed by atoms with Crippen molar-refractivity contribution in [3.05, 3.63) is 146 Å². The molecule has 0 aliphatic heterocycles. The predicted octanol–water partition coefficient (Wildman–Crippen LogP) is 8.06. The van der Waals surface area contributed by atoms with Crippen LogP contribution in [0.3, 0.4) is 0 Å². The van der Waals surface area contributed by atoms with Crippen molar-refractivity contribution < 1.29 is 0 Å². The number of rotatable bonds is 6. The van der Waals surface area contributed by atoms with Gasteiger partial charge in [-0.1, -0.05) is 78.9 Å². The molecular weight excluding hydrogens is 516 g/mol. The highest BCUT2D eigenvalue weighted by Crippen LogP contribution is 2.33. The van der Waals surface area contributed by atoms with Crippen molar-refractivity contribution in [1.82, 2.24) is 29.9 Å². The zero-order valence-corrected chi connectivity index (χ0v) is 22.5. The fraction of sp³-hybridized carbons (Fsp3) is 0. The summed E-state index contributed by atoms with van der Waals surface area (Å²) >= 11 is 0. The van der Waals surface area contributed by atoms with E-state index in [1.54, 1.807) is 18.7 Å². The number of hydrogen-bond donors (Lipinski definition) is 0. The third kappa shape index (κ3) is 5.17. The monoisotopic (exact) mass is 540 g/mol. The van der Waals surface area contributed by atoms with E-state index in [2.05, 4.69) is 85.6 Å². The van der Waals surface area contributed by atoms with Crippen molar-refractivity contribution >= 4 is 0 Å². The van der Waals surface area contributed by atoms with Gasteiger partial charge in [0.15, 0.2) is 11.6 Å². The molecule has 3 aromatic carbocycles. The van der Waals surface area contributed by atoms with Gasteiger partial charge in [0.25, 0.3) is 0 Å². The maximum atomic E-state index is 4.89. The van der Waals surface area contributed by atoms with Crippen molar-refractivity contribution in [1.29, 1.82) is 0 Å². The van der Waals surface area contributed by atoms with Crippen LogP contribution in [-0.2, 0) is 0 Å². The van der Waals surface area contributed by atoms with E-state index in [1.165, 1.54) is 0 Å². The third-order valence-electron chi connectivity index (χ3n) is 7.05. The molecule has 0 atom stereocenters. The molecule has 42 heavy (non-hydrogen) atoms. The van der Waals surface area contributed by atoms with Gasteiger partial charge in [-0.3, -0.25) is 15.0 Å². The lowest BCUT2D eigenvalue weighted by molar-refractivity contribution is 1.06. The fourth-order valence-corrected chi connectivity index (χ4v) is 4.96. The molecule has 0 spiro atoms. The lowest BCUT2D eigenvalue weighted by Crippen LogP contribution is -1.97. The maximum Gasteiger partial charge on any atom is 0.164 e. The van der Waals surface area contributed by atoms with Crippen LogP contribution in [0.5, 0.6) is 0 Å². The van der Waals surface area contributed by atoms with Gasteiger partial charge in [0.2, 0.25) is 0 Å². The lowest BCUT2D eigenvalue weighted by atomic mass is 9.97. The normalized spacial score (nSPS) is 10.9. The molecule has 4 aromatic heterocycles. The van der Waals surface area contributed by atoms with E-state index in [1.807, 2.05) is 67.0 Å². The number of hydrogen-bond acceptors (Lipinski definition) is 6. The van der Waals surface area contributed by atoms with Gasteiger partial charge in [-0.2, -0.15) is 0 Å². The zero-order chi connectivity index (χ0) is 28.1. The molecule has 0 saturated heterocycles. The molecule has 0 aliphatic rings. The summed E-state index contributed by atoms with van der Waals surface area (Å²) in [5.41, 5.74) is 9.86. The molecule has 6 nitrogen and oxygen atoms in total. The molecular formula is C36H24N6. The van der Waals surface area contributed by atoms with Gasteiger partial charge in [-0.05, 0) is 53.1 Å². The third-order valence-corrected chi connectivity index (χ3v) is 7.05. The summed E-state index contributed by atoms with van der Waals surface area (Å²) in [5, 5.41) is 0. The Morgan fingerprint density at radius 2 is 1.00 bits per heavy atom. The Morgan fingerprint density at radius 3 is 1.76 bits per heavy atom. The number of pyridine rings is 3. The average Bonchev–Trinajstić information content (AvgIpc) is 3.09. The quantitative estimate of drug-likeness (QED) is 0.212. The smallest absolute Gasteiger partial charge is 0.164 e. The second-order valence-corrected chi connectivity index (χ2v) is 9.73. The maximum absolute atomic E-state index is 4.89. The lowest BCUT2D eigenvalue weighted by Gasteiger charge is -2.11. The van der Waals surface area contributed by atoms with E-state index in [0.717, 1.165) is 55.9 Å². The first-order valence-corrected chi connectivity index (χ1v) is 13.6. The Labute approximate surface area is 243 Å². The molecule has 6 heteroatoms. The van der Waals surface area contributed by atoms with Crippen LogP contribution in [-0.4, -0.2) is 29.9 Å². The topological polar surface area (TPSA) is 77.3 Å². The Bertz CT molecular complexity index is 1970. The summed E-state index contributed by atoms with van der Waals surface area (Å²) in [6.45, 7) is 0. The average molecular weight is 541 g/mol. The van der Waals surface area contributed by atoms with Crippen molar-refractivity contribution in [2.45, 2.75) is 0 Å². The van der Waals surface area contributed by atoms with Gasteiger partial charge in [-0.15, -0.1) is 0 Å². The summed E-state index contributed by atoms with van der Waals surface area (Å²) in [4.78, 5) is 27.4. The highest BCUT2D eigenvalue weighted by atomic mass is 15.0. The van der Waals surface area contributed by atoms with Gasteiger partial charge >= 0.3 is 0 Å². The second kappa shape index (κ2) is 11.3. The molecule has 7 rings (SSSR count). The molecule has 0 saturated carbocycles. The fourth-order valence-electron chi connectivity index (χ4n) is 4.96. The summed E-state index contributed by atoms with van der Waals surface area (Å²) in [6.07, 6.45) is 8.81. The van der Waals surface area contributed by atoms with E-state index < -0.39 is 0 Å². The minimum Gasteiger partial charge on any atom is -0.263 e. The van der Waals surface area contributed by atoms with Crippen LogP contribution in [0.2, 0.25) is 0 Å². The first-order chi connectivity index (χ1) is 20.8. The van der Waals surface area contributed by atoms with E-state index in [0.29, 0.717) is 11.6 Å². The van der Waals surface area contributed by atoms with Crippen LogP contribution >= 0.6 is 0 Å². The number of benzene rings is 3. The van der Waals surface area contributed by atoms with Crippen LogP contribution < -0.4 is 0 Å². The molecule has 0 radical (unpaired) electrons. The summed E-state index contributed by atoms with van der Waals surface area (Å²) in [7, 11) is 0. The minimum atomic E-state index is 0.566. The number of aromatic nitrogens is 6. The van der Waals surface area contributed by atoms with Crippen LogP contribution in [0, 0.1) is 0 Å². The Morgan fingerprint density at radius 1 is 0.381 bits per heavy atom. The van der Waals surface area contributed by atoms with E-state index in [9.17, 15) is 0 Å². The van der Waals surface area contributed by atoms with Crippen LogP contribution in [0.1, 0.15) is 0 Å².